The average molecular weight is 342 g/mol. The number of cyclic esters (lactones) is 1. The largest absolute Gasteiger partial charge is 0.459 e. The minimum atomic E-state index is -0.526. The monoisotopic (exact) mass is 342 g/mol. The van der Waals surface area contributed by atoms with Crippen LogP contribution >= 0.6 is 0 Å². The smallest absolute Gasteiger partial charge is 0.342 e. The van der Waals surface area contributed by atoms with Crippen LogP contribution in [0.3, 0.4) is 0 Å². The molecule has 3 rings (SSSR count). The number of esters is 2. The Morgan fingerprint density at radius 1 is 1.12 bits per heavy atom. The van der Waals surface area contributed by atoms with Crippen molar-refractivity contribution in [2.45, 2.75) is 38.4 Å². The maximum absolute atomic E-state index is 12.4. The van der Waals surface area contributed by atoms with Crippen molar-refractivity contribution < 1.29 is 23.8 Å². The SMILES string of the molecule is C=C1C[C@@H]2COC(=O)c3ccccc3OC(=O)[C@@H](C)C/C=C\C[C@@H]1O2. The van der Waals surface area contributed by atoms with E-state index in [1.165, 1.54) is 0 Å². The fraction of sp³-hybridized carbons (Fsp3) is 0.400. The topological polar surface area (TPSA) is 61.8 Å². The Bertz CT molecular complexity index is 706. The van der Waals surface area contributed by atoms with Crippen molar-refractivity contribution in [1.29, 1.82) is 0 Å². The van der Waals surface area contributed by atoms with Gasteiger partial charge in [0.2, 0.25) is 0 Å². The number of hydrogen-bond acceptors (Lipinski definition) is 5. The third kappa shape index (κ3) is 4.17. The molecule has 2 aliphatic rings. The summed E-state index contributed by atoms with van der Waals surface area (Å²) in [6.45, 7) is 6.00. The van der Waals surface area contributed by atoms with Gasteiger partial charge >= 0.3 is 11.9 Å². The van der Waals surface area contributed by atoms with Gasteiger partial charge in [0, 0.05) is 6.42 Å². The molecule has 1 aromatic carbocycles. The van der Waals surface area contributed by atoms with Crippen molar-refractivity contribution in [2.75, 3.05) is 6.61 Å². The molecule has 2 heterocycles. The highest BCUT2D eigenvalue weighted by molar-refractivity contribution is 5.93. The van der Waals surface area contributed by atoms with E-state index in [1.807, 2.05) is 12.2 Å². The highest BCUT2D eigenvalue weighted by Crippen LogP contribution is 2.28. The molecular formula is C20H22O5. The highest BCUT2D eigenvalue weighted by Gasteiger charge is 2.29. The summed E-state index contributed by atoms with van der Waals surface area (Å²) in [6, 6.07) is 6.61. The molecule has 0 aliphatic carbocycles. The van der Waals surface area contributed by atoms with Crippen LogP contribution in [0.25, 0.3) is 0 Å². The van der Waals surface area contributed by atoms with Crippen LogP contribution in [0.1, 0.15) is 36.5 Å². The van der Waals surface area contributed by atoms with E-state index in [2.05, 4.69) is 6.58 Å². The predicted molar refractivity (Wildman–Crippen MR) is 92.3 cm³/mol. The summed E-state index contributed by atoms with van der Waals surface area (Å²) >= 11 is 0. The average Bonchev–Trinajstić information content (AvgIpc) is 2.96. The lowest BCUT2D eigenvalue weighted by atomic mass is 10.0. The lowest BCUT2D eigenvalue weighted by Crippen LogP contribution is -2.21. The molecule has 1 saturated heterocycles. The third-order valence-electron chi connectivity index (χ3n) is 4.43. The molecule has 0 spiro atoms. The first-order valence-electron chi connectivity index (χ1n) is 8.50. The van der Waals surface area contributed by atoms with E-state index in [9.17, 15) is 9.59 Å². The molecule has 1 fully saturated rings. The summed E-state index contributed by atoms with van der Waals surface area (Å²) in [5, 5.41) is 0. The summed E-state index contributed by atoms with van der Waals surface area (Å²) in [5.41, 5.74) is 1.24. The van der Waals surface area contributed by atoms with Crippen LogP contribution in [-0.2, 0) is 14.3 Å². The Hall–Kier alpha value is -2.40. The Balaban J connectivity index is 1.84. The molecule has 132 valence electrons. The first-order chi connectivity index (χ1) is 12.0. The van der Waals surface area contributed by atoms with Crippen LogP contribution in [0, 0.1) is 5.92 Å². The molecule has 2 bridgehead atoms. The van der Waals surface area contributed by atoms with Gasteiger partial charge in [-0.1, -0.05) is 37.8 Å². The maximum Gasteiger partial charge on any atom is 0.342 e. The molecule has 5 nitrogen and oxygen atoms in total. The maximum atomic E-state index is 12.4. The zero-order chi connectivity index (χ0) is 17.8. The summed E-state index contributed by atoms with van der Waals surface area (Å²) in [6.07, 6.45) is 5.65. The van der Waals surface area contributed by atoms with Crippen LogP contribution < -0.4 is 4.74 Å². The number of rotatable bonds is 0. The zero-order valence-electron chi connectivity index (χ0n) is 14.3. The van der Waals surface area contributed by atoms with Crippen molar-refractivity contribution in [1.82, 2.24) is 0 Å². The molecule has 3 atom stereocenters. The summed E-state index contributed by atoms with van der Waals surface area (Å²) in [4.78, 5) is 24.6. The second-order valence-electron chi connectivity index (χ2n) is 6.47. The van der Waals surface area contributed by atoms with Gasteiger partial charge in [-0.3, -0.25) is 4.79 Å². The van der Waals surface area contributed by atoms with E-state index in [0.717, 1.165) is 5.57 Å². The van der Waals surface area contributed by atoms with Crippen molar-refractivity contribution in [3.8, 4) is 5.75 Å². The molecule has 0 saturated carbocycles. The molecule has 5 heteroatoms. The van der Waals surface area contributed by atoms with Gasteiger partial charge in [0.1, 0.15) is 17.9 Å². The molecular weight excluding hydrogens is 320 g/mol. The van der Waals surface area contributed by atoms with Crippen molar-refractivity contribution in [3.05, 3.63) is 54.1 Å². The van der Waals surface area contributed by atoms with Crippen LogP contribution in [0.15, 0.2) is 48.6 Å². The number of fused-ring (bicyclic) bond motifs is 3. The van der Waals surface area contributed by atoms with Crippen molar-refractivity contribution in [2.24, 2.45) is 5.92 Å². The summed E-state index contributed by atoms with van der Waals surface area (Å²) in [5.74, 6) is -0.993. The Labute approximate surface area is 147 Å². The first kappa shape index (κ1) is 17.4. The van der Waals surface area contributed by atoms with Gasteiger partial charge in [-0.15, -0.1) is 0 Å². The highest BCUT2D eigenvalue weighted by atomic mass is 16.6. The lowest BCUT2D eigenvalue weighted by molar-refractivity contribution is -0.138. The number of benzene rings is 1. The van der Waals surface area contributed by atoms with Gasteiger partial charge in [0.25, 0.3) is 0 Å². The Kier molecular flexibility index (Phi) is 5.34. The minimum Gasteiger partial charge on any atom is -0.459 e. The summed E-state index contributed by atoms with van der Waals surface area (Å²) < 4.78 is 16.7. The van der Waals surface area contributed by atoms with Crippen molar-refractivity contribution in [3.63, 3.8) is 0 Å². The Morgan fingerprint density at radius 2 is 1.88 bits per heavy atom. The number of carbonyl (C=O) groups is 2. The molecule has 0 unspecified atom stereocenters. The van der Waals surface area contributed by atoms with Gasteiger partial charge in [-0.25, -0.2) is 4.79 Å². The van der Waals surface area contributed by atoms with Crippen LogP contribution in [0.2, 0.25) is 0 Å². The van der Waals surface area contributed by atoms with E-state index in [1.54, 1.807) is 31.2 Å². The number of carbonyl (C=O) groups excluding carboxylic acids is 2. The third-order valence-corrected chi connectivity index (χ3v) is 4.43. The van der Waals surface area contributed by atoms with E-state index < -0.39 is 5.97 Å². The fourth-order valence-corrected chi connectivity index (χ4v) is 2.92. The number of allylic oxidation sites excluding steroid dienone is 1. The van der Waals surface area contributed by atoms with Gasteiger partial charge in [0.15, 0.2) is 0 Å². The van der Waals surface area contributed by atoms with Crippen LogP contribution in [-0.4, -0.2) is 30.8 Å². The first-order valence-corrected chi connectivity index (χ1v) is 8.50. The van der Waals surface area contributed by atoms with Crippen LogP contribution in [0.4, 0.5) is 0 Å². The van der Waals surface area contributed by atoms with Gasteiger partial charge in [-0.2, -0.15) is 0 Å². The molecule has 2 aliphatic heterocycles. The Morgan fingerprint density at radius 3 is 2.72 bits per heavy atom. The molecule has 0 aromatic heterocycles. The van der Waals surface area contributed by atoms with Gasteiger partial charge < -0.3 is 14.2 Å². The second-order valence-corrected chi connectivity index (χ2v) is 6.47. The molecule has 0 radical (unpaired) electrons. The second kappa shape index (κ2) is 7.66. The van der Waals surface area contributed by atoms with E-state index in [4.69, 9.17) is 14.2 Å². The zero-order valence-corrected chi connectivity index (χ0v) is 14.3. The molecule has 0 N–H and O–H groups in total. The lowest BCUT2D eigenvalue weighted by Gasteiger charge is -2.14. The molecule has 25 heavy (non-hydrogen) atoms. The predicted octanol–water partition coefficient (Wildman–Crippen LogP) is 3.45. The fourth-order valence-electron chi connectivity index (χ4n) is 2.92. The number of ether oxygens (including phenoxy) is 3. The van der Waals surface area contributed by atoms with E-state index in [-0.39, 0.29) is 42.0 Å². The van der Waals surface area contributed by atoms with Crippen molar-refractivity contribution >= 4 is 11.9 Å². The molecule has 1 aromatic rings. The number of hydrogen-bond donors (Lipinski definition) is 0. The number of para-hydroxylation sites is 1. The van der Waals surface area contributed by atoms with Gasteiger partial charge in [-0.05, 0) is 30.5 Å². The minimum absolute atomic E-state index is 0.0698. The normalized spacial score (nSPS) is 29.0. The molecule has 0 amide bonds. The standard InChI is InChI=1S/C20H22O5/c1-13-7-3-5-9-17-14(2)11-15(24-17)12-23-20(22)16-8-4-6-10-18(16)25-19(13)21/h3-6,8,10,13,15,17H,2,7,9,11-12H2,1H3/b5-3-/t13-,15+,17-/m0/s1. The van der Waals surface area contributed by atoms with Crippen LogP contribution in [0.5, 0.6) is 5.75 Å². The van der Waals surface area contributed by atoms with E-state index >= 15 is 0 Å². The van der Waals surface area contributed by atoms with Gasteiger partial charge in [0.05, 0.1) is 18.1 Å². The van der Waals surface area contributed by atoms with E-state index in [0.29, 0.717) is 19.3 Å². The quantitative estimate of drug-likeness (QED) is 0.410. The summed E-state index contributed by atoms with van der Waals surface area (Å²) in [7, 11) is 0.